The normalized spacial score (nSPS) is 17.6. The summed E-state index contributed by atoms with van der Waals surface area (Å²) in [6.45, 7) is 1.67. The number of hydrogen-bond donors (Lipinski definition) is 3. The van der Waals surface area contributed by atoms with E-state index in [0.717, 1.165) is 5.56 Å². The second kappa shape index (κ2) is 8.83. The van der Waals surface area contributed by atoms with Crippen molar-refractivity contribution in [1.82, 2.24) is 10.9 Å². The molecule has 1 heterocycles. The molecule has 0 radical (unpaired) electrons. The maximum Gasteiger partial charge on any atom is 0.300 e. The first-order valence-electron chi connectivity index (χ1n) is 9.06. The number of Topliss-reactive ketones (excluding diaryl/α,β-unsaturated/α-hetero) is 1. The molecule has 0 aromatic heterocycles. The predicted molar refractivity (Wildman–Crippen MR) is 117 cm³/mol. The van der Waals surface area contributed by atoms with Crippen molar-refractivity contribution in [3.05, 3.63) is 65.4 Å². The molecule has 3 rings (SSSR count). The topological polar surface area (TPSA) is 106 Å². The Hall–Kier alpha value is -3.59. The molecule has 8 nitrogen and oxygen atoms in total. The number of nitrogens with zero attached hydrogens (tertiary/aromatic N) is 1. The van der Waals surface area contributed by atoms with Crippen LogP contribution in [0.25, 0.3) is 0 Å². The van der Waals surface area contributed by atoms with Gasteiger partial charge in [-0.2, -0.15) is 0 Å². The van der Waals surface area contributed by atoms with Crippen LogP contribution in [-0.2, 0) is 9.59 Å². The monoisotopic (exact) mass is 426 g/mol. The van der Waals surface area contributed by atoms with Crippen LogP contribution in [0.3, 0.4) is 0 Å². The van der Waals surface area contributed by atoms with Crippen LogP contribution in [0.15, 0.2) is 59.8 Å². The number of carbonyl (C=O) groups excluding carboxylic acids is 2. The lowest BCUT2D eigenvalue weighted by molar-refractivity contribution is -0.132. The molecule has 2 aromatic rings. The van der Waals surface area contributed by atoms with Crippen LogP contribution in [-0.4, -0.2) is 31.0 Å². The summed E-state index contributed by atoms with van der Waals surface area (Å²) in [4.78, 5) is 27.6. The van der Waals surface area contributed by atoms with Gasteiger partial charge in [0.15, 0.2) is 5.11 Å². The van der Waals surface area contributed by atoms with E-state index in [1.54, 1.807) is 50.4 Å². The molecule has 1 amide bonds. The minimum Gasteiger partial charge on any atom is -0.497 e. The number of hydrogen-bond acceptors (Lipinski definition) is 6. The first-order chi connectivity index (χ1) is 14.4. The number of anilines is 1. The highest BCUT2D eigenvalue weighted by molar-refractivity contribution is 7.80. The number of ether oxygens (including phenoxy) is 2. The van der Waals surface area contributed by atoms with Crippen LogP contribution >= 0.6 is 12.2 Å². The first-order valence-corrected chi connectivity index (χ1v) is 9.47. The van der Waals surface area contributed by atoms with Crippen molar-refractivity contribution < 1.29 is 19.1 Å². The number of benzene rings is 2. The molecule has 1 aliphatic heterocycles. The number of methoxy groups -OCH3 is 2. The van der Waals surface area contributed by atoms with Crippen LogP contribution in [0.2, 0.25) is 0 Å². The van der Waals surface area contributed by atoms with Crippen LogP contribution in [0.1, 0.15) is 18.5 Å². The molecule has 4 N–H and O–H groups in total. The molecular formula is C21H22N4O4S. The van der Waals surface area contributed by atoms with Gasteiger partial charge in [-0.05, 0) is 49.0 Å². The fourth-order valence-corrected chi connectivity index (χ4v) is 3.42. The van der Waals surface area contributed by atoms with E-state index in [-0.39, 0.29) is 10.7 Å². The van der Waals surface area contributed by atoms with E-state index in [2.05, 4.69) is 10.9 Å². The van der Waals surface area contributed by atoms with Crippen molar-refractivity contribution in [2.24, 2.45) is 5.73 Å². The molecule has 1 atom stereocenters. The van der Waals surface area contributed by atoms with Crippen LogP contribution in [0.4, 0.5) is 5.69 Å². The molecule has 2 aromatic carbocycles. The van der Waals surface area contributed by atoms with Gasteiger partial charge in [0.05, 0.1) is 31.5 Å². The molecule has 1 aliphatic rings. The lowest BCUT2D eigenvalue weighted by atomic mass is 9.97. The maximum atomic E-state index is 13.1. The van der Waals surface area contributed by atoms with Crippen molar-refractivity contribution in [3.63, 3.8) is 0 Å². The summed E-state index contributed by atoms with van der Waals surface area (Å²) in [5.41, 5.74) is 12.8. The molecule has 1 fully saturated rings. The van der Waals surface area contributed by atoms with Crippen LogP contribution in [0.5, 0.6) is 11.5 Å². The number of amides is 1. The van der Waals surface area contributed by atoms with Gasteiger partial charge in [0.2, 0.25) is 0 Å². The fourth-order valence-electron chi connectivity index (χ4n) is 3.37. The average Bonchev–Trinajstić information content (AvgIpc) is 3.02. The Morgan fingerprint density at radius 3 is 2.30 bits per heavy atom. The number of hydrazine groups is 1. The zero-order valence-corrected chi connectivity index (χ0v) is 17.6. The van der Waals surface area contributed by atoms with E-state index in [9.17, 15) is 9.59 Å². The Balaban J connectivity index is 2.19. The van der Waals surface area contributed by atoms with E-state index in [0.29, 0.717) is 22.9 Å². The molecule has 0 aliphatic carbocycles. The number of thiocarbonyl (C=S) groups is 1. The second-order valence-electron chi connectivity index (χ2n) is 6.50. The van der Waals surface area contributed by atoms with Crippen molar-refractivity contribution in [2.75, 3.05) is 19.1 Å². The largest absolute Gasteiger partial charge is 0.497 e. The minimum atomic E-state index is -0.687. The summed E-state index contributed by atoms with van der Waals surface area (Å²) in [5, 5.41) is 0.00862. The quantitative estimate of drug-likeness (QED) is 0.279. The Bertz CT molecular complexity index is 1020. The van der Waals surface area contributed by atoms with E-state index in [1.807, 2.05) is 12.1 Å². The van der Waals surface area contributed by atoms with Crippen molar-refractivity contribution in [3.8, 4) is 11.5 Å². The van der Waals surface area contributed by atoms with Gasteiger partial charge in [0.1, 0.15) is 11.5 Å². The zero-order chi connectivity index (χ0) is 21.8. The van der Waals surface area contributed by atoms with Gasteiger partial charge in [-0.25, -0.2) is 0 Å². The molecule has 0 unspecified atom stereocenters. The van der Waals surface area contributed by atoms with Gasteiger partial charge in [-0.1, -0.05) is 24.3 Å². The lowest BCUT2D eigenvalue weighted by Gasteiger charge is -2.27. The van der Waals surface area contributed by atoms with Crippen LogP contribution < -0.4 is 31.0 Å². The van der Waals surface area contributed by atoms with E-state index in [1.165, 1.54) is 12.0 Å². The third-order valence-electron chi connectivity index (χ3n) is 4.74. The molecule has 0 spiro atoms. The summed E-state index contributed by atoms with van der Waals surface area (Å²) in [6, 6.07) is 13.5. The number of allylic oxidation sites excluding steroid dienone is 1. The highest BCUT2D eigenvalue weighted by atomic mass is 32.1. The number of nitrogens with two attached hydrogens (primary N) is 1. The standard InChI is InChI=1S/C21H22N4O4S/c1-12(23-24-21(22)30)17-18(13-8-10-14(28-2)11-9-13)25(20(27)19(17)26)15-6-4-5-7-16(15)29-3/h4-11,18,23H,1-3H3,(H3,22,24,30)/b17-12+/t18-/m0/s1. The van der Waals surface area contributed by atoms with E-state index < -0.39 is 17.7 Å². The smallest absolute Gasteiger partial charge is 0.300 e. The highest BCUT2D eigenvalue weighted by Gasteiger charge is 2.46. The van der Waals surface area contributed by atoms with Gasteiger partial charge in [-0.15, -0.1) is 0 Å². The summed E-state index contributed by atoms with van der Waals surface area (Å²) in [5.74, 6) is -0.151. The Morgan fingerprint density at radius 2 is 1.70 bits per heavy atom. The average molecular weight is 426 g/mol. The number of carbonyl (C=O) groups is 2. The number of para-hydroxylation sites is 2. The van der Waals surface area contributed by atoms with E-state index in [4.69, 9.17) is 27.4 Å². The Morgan fingerprint density at radius 1 is 1.03 bits per heavy atom. The predicted octanol–water partition coefficient (Wildman–Crippen LogP) is 1.97. The van der Waals surface area contributed by atoms with Crippen LogP contribution in [0, 0.1) is 0 Å². The number of ketones is 1. The summed E-state index contributed by atoms with van der Waals surface area (Å²) in [7, 11) is 3.08. The molecular weight excluding hydrogens is 404 g/mol. The minimum absolute atomic E-state index is 0.00862. The van der Waals surface area contributed by atoms with Gasteiger partial charge in [-0.3, -0.25) is 19.9 Å². The van der Waals surface area contributed by atoms with Gasteiger partial charge in [0, 0.05) is 5.70 Å². The molecule has 0 saturated carbocycles. The lowest BCUT2D eigenvalue weighted by Crippen LogP contribution is -2.40. The molecule has 30 heavy (non-hydrogen) atoms. The van der Waals surface area contributed by atoms with Crippen molar-refractivity contribution >= 4 is 34.7 Å². The van der Waals surface area contributed by atoms with Crippen molar-refractivity contribution in [1.29, 1.82) is 0 Å². The molecule has 9 heteroatoms. The Labute approximate surface area is 179 Å². The molecule has 1 saturated heterocycles. The third-order valence-corrected chi connectivity index (χ3v) is 4.84. The van der Waals surface area contributed by atoms with Gasteiger partial charge in [0.25, 0.3) is 11.7 Å². The molecule has 156 valence electrons. The molecule has 0 bridgehead atoms. The van der Waals surface area contributed by atoms with Gasteiger partial charge < -0.3 is 20.6 Å². The SMILES string of the molecule is COc1ccc([C@H]2/C(=C(/C)NNC(N)=S)C(=O)C(=O)N2c2ccccc2OC)cc1. The highest BCUT2D eigenvalue weighted by Crippen LogP contribution is 2.43. The third kappa shape index (κ3) is 3.92. The second-order valence-corrected chi connectivity index (χ2v) is 6.94. The van der Waals surface area contributed by atoms with Crippen molar-refractivity contribution in [2.45, 2.75) is 13.0 Å². The summed E-state index contributed by atoms with van der Waals surface area (Å²) >= 11 is 4.81. The zero-order valence-electron chi connectivity index (χ0n) is 16.8. The first kappa shape index (κ1) is 21.1. The summed E-state index contributed by atoms with van der Waals surface area (Å²) in [6.07, 6.45) is 0. The van der Waals surface area contributed by atoms with Gasteiger partial charge >= 0.3 is 0 Å². The number of rotatable bonds is 6. The number of nitrogens with one attached hydrogen (secondary N) is 2. The van der Waals surface area contributed by atoms with E-state index >= 15 is 0 Å². The Kier molecular flexibility index (Phi) is 6.22. The maximum absolute atomic E-state index is 13.1. The fraction of sp³-hybridized carbons (Fsp3) is 0.190. The summed E-state index contributed by atoms with van der Waals surface area (Å²) < 4.78 is 10.7.